The van der Waals surface area contributed by atoms with Crippen LogP contribution in [0.15, 0.2) is 11.3 Å². The molecule has 1 aliphatic heterocycles. The summed E-state index contributed by atoms with van der Waals surface area (Å²) in [6.45, 7) is -0.0450. The number of aryl methyl sites for hydroxylation is 1. The van der Waals surface area contributed by atoms with E-state index in [1.54, 1.807) is 7.05 Å². The number of rotatable bonds is 3. The summed E-state index contributed by atoms with van der Waals surface area (Å²) < 4.78 is 6.90. The molecule has 3 unspecified atom stereocenters. The predicted molar refractivity (Wildman–Crippen MR) is 66.7 cm³/mol. The quantitative estimate of drug-likeness (QED) is 0.292. The van der Waals surface area contributed by atoms with Crippen LogP contribution < -0.4 is 0 Å². The fourth-order valence-electron chi connectivity index (χ4n) is 2.29. The van der Waals surface area contributed by atoms with Crippen LogP contribution in [-0.4, -0.2) is 38.6 Å². The first-order chi connectivity index (χ1) is 9.54. The highest BCUT2D eigenvalue weighted by molar-refractivity contribution is 5.34. The minimum absolute atomic E-state index is 0.0450. The van der Waals surface area contributed by atoms with Crippen LogP contribution >= 0.6 is 0 Å². The molecule has 2 heterocycles. The van der Waals surface area contributed by atoms with E-state index in [2.05, 4.69) is 15.1 Å². The zero-order valence-corrected chi connectivity index (χ0v) is 10.8. The topological polar surface area (TPSA) is 139 Å². The van der Waals surface area contributed by atoms with E-state index < -0.39 is 23.2 Å². The number of aliphatic hydroxyl groups excluding tert-OH is 1. The molecular formula is C10H14N6O4. The Bertz CT molecular complexity index is 552. The van der Waals surface area contributed by atoms with Crippen molar-refractivity contribution >= 4 is 5.69 Å². The summed E-state index contributed by atoms with van der Waals surface area (Å²) in [7, 11) is 1.60. The van der Waals surface area contributed by atoms with Gasteiger partial charge in [-0.25, -0.2) is 0 Å². The average Bonchev–Trinajstić information content (AvgIpc) is 2.70. The third kappa shape index (κ3) is 2.72. The van der Waals surface area contributed by atoms with Crippen molar-refractivity contribution in [2.24, 2.45) is 12.2 Å². The Labute approximate surface area is 113 Å². The molecule has 0 amide bonds. The number of azide groups is 1. The van der Waals surface area contributed by atoms with E-state index in [1.807, 2.05) is 0 Å². The van der Waals surface area contributed by atoms with Gasteiger partial charge in [0.25, 0.3) is 0 Å². The molecule has 1 fully saturated rings. The zero-order chi connectivity index (χ0) is 14.7. The summed E-state index contributed by atoms with van der Waals surface area (Å²) in [5, 5.41) is 28.2. The smallest absolute Gasteiger partial charge is 0.312 e. The van der Waals surface area contributed by atoms with Gasteiger partial charge in [-0.1, -0.05) is 5.11 Å². The maximum Gasteiger partial charge on any atom is 0.312 e. The zero-order valence-electron chi connectivity index (χ0n) is 10.8. The summed E-state index contributed by atoms with van der Waals surface area (Å²) in [5.41, 5.74) is 8.68. The molecule has 10 nitrogen and oxygen atoms in total. The van der Waals surface area contributed by atoms with E-state index in [4.69, 9.17) is 10.3 Å². The summed E-state index contributed by atoms with van der Waals surface area (Å²) >= 11 is 0. The molecule has 0 aromatic carbocycles. The largest absolute Gasteiger partial charge is 0.390 e. The van der Waals surface area contributed by atoms with E-state index in [1.165, 1.54) is 10.9 Å². The maximum absolute atomic E-state index is 11.0. The van der Waals surface area contributed by atoms with E-state index in [9.17, 15) is 15.2 Å². The van der Waals surface area contributed by atoms with Gasteiger partial charge >= 0.3 is 5.69 Å². The molecule has 20 heavy (non-hydrogen) atoms. The molecule has 1 saturated heterocycles. The van der Waals surface area contributed by atoms with E-state index in [0.717, 1.165) is 0 Å². The highest BCUT2D eigenvalue weighted by atomic mass is 16.6. The van der Waals surface area contributed by atoms with Crippen LogP contribution in [0.25, 0.3) is 10.4 Å². The Morgan fingerprint density at radius 3 is 3.10 bits per heavy atom. The molecule has 108 valence electrons. The van der Waals surface area contributed by atoms with Crippen molar-refractivity contribution in [3.05, 3.63) is 32.4 Å². The van der Waals surface area contributed by atoms with Crippen LogP contribution in [0.4, 0.5) is 5.69 Å². The third-order valence-corrected chi connectivity index (χ3v) is 3.30. The van der Waals surface area contributed by atoms with Gasteiger partial charge in [-0.05, 0) is 18.4 Å². The Hall–Kier alpha value is -2.16. The second kappa shape index (κ2) is 5.87. The fraction of sp³-hybridized carbons (Fsp3) is 0.700. The van der Waals surface area contributed by atoms with Gasteiger partial charge in [-0.2, -0.15) is 5.10 Å². The van der Waals surface area contributed by atoms with Crippen molar-refractivity contribution in [2.45, 2.75) is 31.1 Å². The number of nitrogens with zero attached hydrogens (tertiary/aromatic N) is 6. The summed E-state index contributed by atoms with van der Waals surface area (Å²) in [5.74, 6) is 0. The first kappa shape index (κ1) is 14.3. The number of ether oxygens (including phenoxy) is 1. The normalized spacial score (nSPS) is 26.6. The van der Waals surface area contributed by atoms with Crippen molar-refractivity contribution in [1.82, 2.24) is 9.78 Å². The van der Waals surface area contributed by atoms with E-state index >= 15 is 0 Å². The van der Waals surface area contributed by atoms with Gasteiger partial charge < -0.3 is 9.84 Å². The van der Waals surface area contributed by atoms with Crippen LogP contribution in [0.2, 0.25) is 0 Å². The van der Waals surface area contributed by atoms with Gasteiger partial charge in [0.05, 0.1) is 23.7 Å². The lowest BCUT2D eigenvalue weighted by Gasteiger charge is -2.15. The number of nitro groups is 1. The second-order valence-electron chi connectivity index (χ2n) is 4.53. The lowest BCUT2D eigenvalue weighted by molar-refractivity contribution is -0.386. The van der Waals surface area contributed by atoms with Crippen LogP contribution in [0.5, 0.6) is 0 Å². The number of aromatic nitrogens is 2. The molecule has 1 aliphatic rings. The Kier molecular flexibility index (Phi) is 4.18. The van der Waals surface area contributed by atoms with Crippen LogP contribution in [-0.2, 0) is 11.8 Å². The molecule has 0 bridgehead atoms. The van der Waals surface area contributed by atoms with Gasteiger partial charge in [0.1, 0.15) is 18.0 Å². The van der Waals surface area contributed by atoms with Crippen LogP contribution in [0.3, 0.4) is 0 Å². The molecule has 3 atom stereocenters. The molecule has 0 saturated carbocycles. The Balaban J connectivity index is 2.24. The monoisotopic (exact) mass is 282 g/mol. The summed E-state index contributed by atoms with van der Waals surface area (Å²) in [4.78, 5) is 13.1. The maximum atomic E-state index is 11.0. The fourth-order valence-corrected chi connectivity index (χ4v) is 2.29. The standard InChI is InChI=1S/C10H14N6O4/c1-15-10(7(4-12-15)16(18)19)9-3-2-6(13-14-11)8(17)5-20-9/h4,6,8-9,17H,2-3,5H2,1H3. The summed E-state index contributed by atoms with van der Waals surface area (Å²) in [6, 6.07) is -0.586. The van der Waals surface area contributed by atoms with Crippen LogP contribution in [0.1, 0.15) is 24.6 Å². The van der Waals surface area contributed by atoms with Gasteiger partial charge in [0.15, 0.2) is 0 Å². The number of hydrogen-bond acceptors (Lipinski definition) is 6. The predicted octanol–water partition coefficient (Wildman–Crippen LogP) is 1.22. The lowest BCUT2D eigenvalue weighted by Crippen LogP contribution is -2.26. The molecular weight excluding hydrogens is 268 g/mol. The van der Waals surface area contributed by atoms with Gasteiger partial charge in [0, 0.05) is 12.0 Å². The van der Waals surface area contributed by atoms with Crippen molar-refractivity contribution in [3.8, 4) is 0 Å². The average molecular weight is 282 g/mol. The molecule has 10 heteroatoms. The van der Waals surface area contributed by atoms with Crippen LogP contribution in [0, 0.1) is 10.1 Å². The second-order valence-corrected chi connectivity index (χ2v) is 4.53. The van der Waals surface area contributed by atoms with E-state index in [-0.39, 0.29) is 12.3 Å². The molecule has 2 rings (SSSR count). The van der Waals surface area contributed by atoms with Crippen molar-refractivity contribution in [2.75, 3.05) is 6.61 Å². The first-order valence-electron chi connectivity index (χ1n) is 6.04. The molecule has 0 aliphatic carbocycles. The molecule has 1 N–H and O–H groups in total. The van der Waals surface area contributed by atoms with Gasteiger partial charge in [-0.3, -0.25) is 14.8 Å². The molecule has 1 aromatic rings. The highest BCUT2D eigenvalue weighted by Gasteiger charge is 2.32. The highest BCUT2D eigenvalue weighted by Crippen LogP contribution is 2.33. The summed E-state index contributed by atoms with van der Waals surface area (Å²) in [6.07, 6.45) is 0.490. The number of aliphatic hydroxyl groups is 1. The third-order valence-electron chi connectivity index (χ3n) is 3.30. The molecule has 0 radical (unpaired) electrons. The first-order valence-corrected chi connectivity index (χ1v) is 6.04. The lowest BCUT2D eigenvalue weighted by atomic mass is 10.0. The van der Waals surface area contributed by atoms with Gasteiger partial charge in [0.2, 0.25) is 0 Å². The number of hydrogen-bond donors (Lipinski definition) is 1. The SMILES string of the molecule is Cn1ncc([N+](=O)[O-])c1C1CCC(N=[N+]=[N-])C(O)CO1. The van der Waals surface area contributed by atoms with Gasteiger partial charge in [-0.15, -0.1) is 0 Å². The van der Waals surface area contributed by atoms with Crippen molar-refractivity contribution in [3.63, 3.8) is 0 Å². The van der Waals surface area contributed by atoms with Crippen molar-refractivity contribution < 1.29 is 14.8 Å². The Morgan fingerprint density at radius 2 is 2.45 bits per heavy atom. The minimum Gasteiger partial charge on any atom is -0.390 e. The van der Waals surface area contributed by atoms with E-state index in [0.29, 0.717) is 18.5 Å². The Morgan fingerprint density at radius 1 is 1.70 bits per heavy atom. The minimum atomic E-state index is -0.914. The molecule has 1 aromatic heterocycles. The molecule has 0 spiro atoms. The van der Waals surface area contributed by atoms with Crippen molar-refractivity contribution in [1.29, 1.82) is 0 Å².